The third-order valence-electron chi connectivity index (χ3n) is 4.57. The number of urea groups is 1. The fraction of sp³-hybridized carbons (Fsp3) is 0.400. The predicted molar refractivity (Wildman–Crippen MR) is 108 cm³/mol. The van der Waals surface area contributed by atoms with E-state index < -0.39 is 6.03 Å². The first-order valence-corrected chi connectivity index (χ1v) is 10.2. The number of hydrogen-bond donors (Lipinski definition) is 2. The lowest BCUT2D eigenvalue weighted by atomic mass is 10.2. The number of carbonyl (C=O) groups excluding carboxylic acids is 2. The molecule has 0 unspecified atom stereocenters. The fourth-order valence-electron chi connectivity index (χ4n) is 3.11. The molecule has 0 aliphatic carbocycles. The highest BCUT2D eigenvalue weighted by Gasteiger charge is 2.19. The van der Waals surface area contributed by atoms with Crippen molar-refractivity contribution in [3.8, 4) is 0 Å². The van der Waals surface area contributed by atoms with Crippen molar-refractivity contribution in [2.24, 2.45) is 0 Å². The predicted octanol–water partition coefficient (Wildman–Crippen LogP) is 1.93. The lowest BCUT2D eigenvalue weighted by Crippen LogP contribution is -2.50. The summed E-state index contributed by atoms with van der Waals surface area (Å²) in [6, 6.07) is 14.0. The summed E-state index contributed by atoms with van der Waals surface area (Å²) in [6.07, 6.45) is 0.780. The van der Waals surface area contributed by atoms with E-state index in [0.29, 0.717) is 6.54 Å². The van der Waals surface area contributed by atoms with Crippen LogP contribution in [0.1, 0.15) is 10.4 Å². The van der Waals surface area contributed by atoms with Gasteiger partial charge >= 0.3 is 6.03 Å². The number of benzene rings is 1. The first-order valence-electron chi connectivity index (χ1n) is 9.28. The molecule has 2 heterocycles. The Morgan fingerprint density at radius 3 is 2.41 bits per heavy atom. The van der Waals surface area contributed by atoms with E-state index in [1.165, 1.54) is 10.4 Å². The molecule has 0 radical (unpaired) electrons. The Balaban J connectivity index is 1.30. The zero-order valence-corrected chi connectivity index (χ0v) is 16.2. The Kier molecular flexibility index (Phi) is 7.38. The number of amides is 3. The van der Waals surface area contributed by atoms with Crippen LogP contribution in [-0.4, -0.2) is 61.0 Å². The molecule has 1 fully saturated rings. The lowest BCUT2D eigenvalue weighted by molar-refractivity contribution is -0.121. The van der Waals surface area contributed by atoms with E-state index in [0.717, 1.165) is 39.1 Å². The number of thiophene rings is 1. The number of nitrogens with one attached hydrogen (secondary N) is 2. The zero-order valence-electron chi connectivity index (χ0n) is 15.4. The monoisotopic (exact) mass is 386 g/mol. The van der Waals surface area contributed by atoms with Crippen LogP contribution >= 0.6 is 11.3 Å². The molecular weight excluding hydrogens is 360 g/mol. The van der Waals surface area contributed by atoms with E-state index in [1.807, 2.05) is 23.6 Å². The maximum atomic E-state index is 12.1. The normalized spacial score (nSPS) is 15.4. The Bertz CT molecular complexity index is 713. The quantitative estimate of drug-likeness (QED) is 0.763. The molecule has 0 spiro atoms. The highest BCUT2D eigenvalue weighted by Crippen LogP contribution is 2.09. The molecule has 1 aliphatic rings. The Labute approximate surface area is 164 Å². The summed E-state index contributed by atoms with van der Waals surface area (Å²) in [6.45, 7) is 5.24. The summed E-state index contributed by atoms with van der Waals surface area (Å²) in [5, 5.41) is 7.16. The van der Waals surface area contributed by atoms with Gasteiger partial charge in [0.15, 0.2) is 0 Å². The molecule has 2 aromatic rings. The first kappa shape index (κ1) is 19.5. The van der Waals surface area contributed by atoms with Gasteiger partial charge in [-0.1, -0.05) is 36.4 Å². The van der Waals surface area contributed by atoms with Crippen LogP contribution in [0.4, 0.5) is 4.79 Å². The van der Waals surface area contributed by atoms with Crippen molar-refractivity contribution in [3.05, 3.63) is 58.3 Å². The molecule has 1 saturated heterocycles. The van der Waals surface area contributed by atoms with E-state index in [-0.39, 0.29) is 12.5 Å². The highest BCUT2D eigenvalue weighted by molar-refractivity contribution is 7.09. The second-order valence-electron chi connectivity index (χ2n) is 6.67. The van der Waals surface area contributed by atoms with Gasteiger partial charge in [0.1, 0.15) is 0 Å². The van der Waals surface area contributed by atoms with E-state index in [4.69, 9.17) is 0 Å². The average Bonchev–Trinajstić information content (AvgIpc) is 3.17. The van der Waals surface area contributed by atoms with E-state index in [1.54, 1.807) is 11.3 Å². The van der Waals surface area contributed by atoms with Gasteiger partial charge in [-0.25, -0.2) is 4.79 Å². The summed E-state index contributed by atoms with van der Waals surface area (Å²) in [4.78, 5) is 29.6. The summed E-state index contributed by atoms with van der Waals surface area (Å²) in [5.41, 5.74) is 1.31. The Hall–Kier alpha value is -2.22. The number of nitrogens with zero attached hydrogens (tertiary/aromatic N) is 2. The molecule has 1 aliphatic heterocycles. The minimum atomic E-state index is -0.417. The van der Waals surface area contributed by atoms with Gasteiger partial charge in [-0.3, -0.25) is 19.9 Å². The lowest BCUT2D eigenvalue weighted by Gasteiger charge is -2.34. The number of hydrogen-bond acceptors (Lipinski definition) is 5. The van der Waals surface area contributed by atoms with E-state index in [2.05, 4.69) is 44.7 Å². The van der Waals surface area contributed by atoms with Gasteiger partial charge in [0.05, 0.1) is 6.54 Å². The van der Waals surface area contributed by atoms with Crippen LogP contribution < -0.4 is 10.6 Å². The topological polar surface area (TPSA) is 64.7 Å². The molecule has 2 N–H and O–H groups in total. The molecule has 144 valence electrons. The molecule has 1 aromatic heterocycles. The number of piperazine rings is 1. The largest absolute Gasteiger partial charge is 0.337 e. The van der Waals surface area contributed by atoms with Gasteiger partial charge in [-0.2, -0.15) is 0 Å². The van der Waals surface area contributed by atoms with Crippen LogP contribution in [0.2, 0.25) is 0 Å². The number of carbonyl (C=O) groups is 2. The Morgan fingerprint density at radius 2 is 1.70 bits per heavy atom. The molecular formula is C20H26N4O2S. The number of imide groups is 1. The van der Waals surface area contributed by atoms with Crippen LogP contribution in [0.15, 0.2) is 47.8 Å². The molecule has 3 rings (SSSR count). The van der Waals surface area contributed by atoms with Crippen molar-refractivity contribution in [1.29, 1.82) is 0 Å². The van der Waals surface area contributed by atoms with Crippen molar-refractivity contribution < 1.29 is 9.59 Å². The van der Waals surface area contributed by atoms with Gasteiger partial charge in [-0.15, -0.1) is 11.3 Å². The molecule has 7 heteroatoms. The Morgan fingerprint density at radius 1 is 0.963 bits per heavy atom. The summed E-state index contributed by atoms with van der Waals surface area (Å²) < 4.78 is 0. The van der Waals surface area contributed by atoms with Gasteiger partial charge in [0.2, 0.25) is 5.91 Å². The van der Waals surface area contributed by atoms with Crippen LogP contribution in [0.3, 0.4) is 0 Å². The van der Waals surface area contributed by atoms with Crippen molar-refractivity contribution in [2.75, 3.05) is 39.3 Å². The van der Waals surface area contributed by atoms with Crippen molar-refractivity contribution in [2.45, 2.75) is 13.0 Å². The zero-order chi connectivity index (χ0) is 18.9. The van der Waals surface area contributed by atoms with Crippen molar-refractivity contribution >= 4 is 23.3 Å². The van der Waals surface area contributed by atoms with Gasteiger partial charge in [0, 0.05) is 44.1 Å². The highest BCUT2D eigenvalue weighted by atomic mass is 32.1. The van der Waals surface area contributed by atoms with E-state index >= 15 is 0 Å². The van der Waals surface area contributed by atoms with Crippen molar-refractivity contribution in [3.63, 3.8) is 0 Å². The summed E-state index contributed by atoms with van der Waals surface area (Å²) >= 11 is 1.66. The molecule has 1 aromatic carbocycles. The minimum absolute atomic E-state index is 0.250. The smallest absolute Gasteiger partial charge is 0.321 e. The summed E-state index contributed by atoms with van der Waals surface area (Å²) in [7, 11) is 0. The van der Waals surface area contributed by atoms with Crippen LogP contribution in [0, 0.1) is 0 Å². The minimum Gasteiger partial charge on any atom is -0.337 e. The second kappa shape index (κ2) is 10.2. The standard InChI is InChI=1S/C20H26N4O2S/c25-19(22-20(26)21-9-8-18-7-4-14-27-18)16-24-12-10-23(11-13-24)15-17-5-2-1-3-6-17/h1-7,14H,8-13,15-16H2,(H2,21,22,25,26). The molecule has 3 amide bonds. The maximum Gasteiger partial charge on any atom is 0.321 e. The fourth-order valence-corrected chi connectivity index (χ4v) is 3.82. The van der Waals surface area contributed by atoms with Gasteiger partial charge < -0.3 is 5.32 Å². The second-order valence-corrected chi connectivity index (χ2v) is 7.70. The van der Waals surface area contributed by atoms with Crippen molar-refractivity contribution in [1.82, 2.24) is 20.4 Å². The first-order chi connectivity index (χ1) is 13.2. The molecule has 27 heavy (non-hydrogen) atoms. The molecule has 0 atom stereocenters. The average molecular weight is 387 g/mol. The van der Waals surface area contributed by atoms with Gasteiger partial charge in [0.25, 0.3) is 0 Å². The summed E-state index contributed by atoms with van der Waals surface area (Å²) in [5.74, 6) is -0.250. The molecule has 0 saturated carbocycles. The van der Waals surface area contributed by atoms with Gasteiger partial charge in [-0.05, 0) is 23.4 Å². The van der Waals surface area contributed by atoms with Crippen LogP contribution in [0.5, 0.6) is 0 Å². The van der Waals surface area contributed by atoms with Crippen LogP contribution in [0.25, 0.3) is 0 Å². The third kappa shape index (κ3) is 6.78. The van der Waals surface area contributed by atoms with Crippen LogP contribution in [-0.2, 0) is 17.8 Å². The maximum absolute atomic E-state index is 12.1. The third-order valence-corrected chi connectivity index (χ3v) is 5.51. The van der Waals surface area contributed by atoms with E-state index in [9.17, 15) is 9.59 Å². The SMILES string of the molecule is O=C(CN1CCN(Cc2ccccc2)CC1)NC(=O)NCCc1cccs1. The molecule has 0 bridgehead atoms. The number of rotatable bonds is 7. The molecule has 6 nitrogen and oxygen atoms in total.